The molecule has 10 fully saturated rings. The number of alkyl halides is 4. The molecular formula is C48H54ClF5N8O4. The summed E-state index contributed by atoms with van der Waals surface area (Å²) in [6, 6.07) is 13.9. The molecule has 2 aromatic carbocycles. The first kappa shape index (κ1) is 46.3. The Bertz CT molecular complexity index is 2330. The smallest absolute Gasteiger partial charge is 0.268 e. The number of hydrogen-bond donors (Lipinski definition) is 4. The van der Waals surface area contributed by atoms with Crippen LogP contribution in [0.4, 0.5) is 22.0 Å². The molecule has 6 atom stereocenters. The maximum Gasteiger partial charge on any atom is 0.268 e. The van der Waals surface area contributed by atoms with Crippen LogP contribution in [0.15, 0.2) is 48.5 Å². The van der Waals surface area contributed by atoms with Crippen molar-refractivity contribution < 1.29 is 41.1 Å². The van der Waals surface area contributed by atoms with Crippen molar-refractivity contribution in [3.63, 3.8) is 0 Å². The van der Waals surface area contributed by atoms with Crippen molar-refractivity contribution in [2.24, 2.45) is 23.7 Å². The fraction of sp³-hybridized carbons (Fsp3) is 0.625. The summed E-state index contributed by atoms with van der Waals surface area (Å²) >= 11 is 5.95. The van der Waals surface area contributed by atoms with Crippen molar-refractivity contribution in [2.75, 3.05) is 26.2 Å². The van der Waals surface area contributed by atoms with Crippen molar-refractivity contribution >= 4 is 35.2 Å². The molecule has 0 spiro atoms. The molecule has 18 heteroatoms. The zero-order valence-corrected chi connectivity index (χ0v) is 37.3. The Labute approximate surface area is 385 Å². The minimum Gasteiger partial charge on any atom is -0.347 e. The molecule has 66 heavy (non-hydrogen) atoms. The second kappa shape index (κ2) is 17.0. The van der Waals surface area contributed by atoms with Crippen LogP contribution in [-0.4, -0.2) is 106 Å². The van der Waals surface area contributed by atoms with Crippen molar-refractivity contribution in [1.29, 1.82) is 10.5 Å². The molecule has 352 valence electrons. The highest BCUT2D eigenvalue weighted by atomic mass is 35.5. The van der Waals surface area contributed by atoms with Crippen LogP contribution in [-0.2, 0) is 9.59 Å². The number of nitriles is 2. The SMILES string of the molecule is N#C[C@@H]1CC(F)(F)CN1C(=O)CNC12CC3CC(C1)CC(NC(=O)c1ccc(Cl)cc1)(C3)C2.N#C[C@@H]1CC(F)(F)CN1C(=O)CNC12CC3CC(C1)CC(NC(=O)c1cccc(F)c1)(C3)C2. The molecular weight excluding hydrogens is 883 g/mol. The van der Waals surface area contributed by atoms with Gasteiger partial charge in [0.25, 0.3) is 23.7 Å². The first-order valence-corrected chi connectivity index (χ1v) is 23.4. The molecule has 8 aliphatic carbocycles. The molecule has 2 saturated heterocycles. The van der Waals surface area contributed by atoms with Crippen LogP contribution in [0.25, 0.3) is 0 Å². The van der Waals surface area contributed by atoms with E-state index in [2.05, 4.69) is 21.3 Å². The van der Waals surface area contributed by atoms with Gasteiger partial charge in [-0.1, -0.05) is 17.7 Å². The number of amides is 4. The van der Waals surface area contributed by atoms with Crippen LogP contribution in [0.2, 0.25) is 5.02 Å². The van der Waals surface area contributed by atoms with Gasteiger partial charge in [-0.05, 0) is 143 Å². The number of nitrogens with one attached hydrogen (secondary N) is 4. The lowest BCUT2D eigenvalue weighted by atomic mass is 9.49. The third kappa shape index (κ3) is 9.50. The highest BCUT2D eigenvalue weighted by Gasteiger charge is 2.60. The first-order valence-electron chi connectivity index (χ1n) is 23.0. The van der Waals surface area contributed by atoms with E-state index in [1.165, 1.54) is 18.2 Å². The largest absolute Gasteiger partial charge is 0.347 e. The molecule has 2 aromatic rings. The van der Waals surface area contributed by atoms with E-state index in [9.17, 15) is 51.7 Å². The maximum atomic E-state index is 13.8. The van der Waals surface area contributed by atoms with Crippen LogP contribution in [0.5, 0.6) is 0 Å². The lowest BCUT2D eigenvalue weighted by molar-refractivity contribution is -0.133. The van der Waals surface area contributed by atoms with Crippen molar-refractivity contribution in [3.05, 3.63) is 70.5 Å². The van der Waals surface area contributed by atoms with Gasteiger partial charge in [0.1, 0.15) is 17.9 Å². The number of likely N-dealkylation sites (tertiary alicyclic amines) is 2. The average molecular weight is 937 g/mol. The van der Waals surface area contributed by atoms with Gasteiger partial charge < -0.3 is 31.1 Å². The van der Waals surface area contributed by atoms with E-state index >= 15 is 0 Å². The molecule has 2 heterocycles. The number of halogens is 6. The topological polar surface area (TPSA) is 170 Å². The van der Waals surface area contributed by atoms with Gasteiger partial charge >= 0.3 is 0 Å². The Balaban J connectivity index is 0.000000166. The van der Waals surface area contributed by atoms with Gasteiger partial charge in [-0.3, -0.25) is 19.2 Å². The van der Waals surface area contributed by atoms with Gasteiger partial charge in [-0.2, -0.15) is 10.5 Å². The summed E-state index contributed by atoms with van der Waals surface area (Å²) in [5.74, 6) is -6.24. The Morgan fingerprint density at radius 1 is 0.606 bits per heavy atom. The molecule has 4 amide bonds. The first-order chi connectivity index (χ1) is 31.2. The summed E-state index contributed by atoms with van der Waals surface area (Å²) in [7, 11) is 0. The fourth-order valence-corrected chi connectivity index (χ4v) is 14.3. The number of rotatable bonds is 10. The van der Waals surface area contributed by atoms with Gasteiger partial charge in [0.05, 0.1) is 38.3 Å². The van der Waals surface area contributed by atoms with Crippen molar-refractivity contribution in [3.8, 4) is 12.1 Å². The molecule has 8 saturated carbocycles. The monoisotopic (exact) mass is 936 g/mol. The highest BCUT2D eigenvalue weighted by Crippen LogP contribution is 2.59. The fourth-order valence-electron chi connectivity index (χ4n) is 14.2. The summed E-state index contributed by atoms with van der Waals surface area (Å²) in [4.78, 5) is 53.4. The predicted octanol–water partition coefficient (Wildman–Crippen LogP) is 6.51. The number of hydrogen-bond acceptors (Lipinski definition) is 8. The molecule has 4 unspecified atom stereocenters. The van der Waals surface area contributed by atoms with E-state index in [0.717, 1.165) is 74.0 Å². The minimum atomic E-state index is -3.04. The van der Waals surface area contributed by atoms with Crippen LogP contribution in [0.3, 0.4) is 0 Å². The standard InChI is InChI=1S/C24H27ClF2N4O2.C24H27F3N4O2/c25-18-3-1-17(2-4-18)21(33)30-23-8-15-5-16(9-23)7-22(6-15,13-23)29-12-20(32)31-14-24(26,27)10-19(31)11-28;25-18-3-1-2-17(5-18)21(33)30-23-8-15-4-16(9-23)7-22(6-15,13-23)29-12-20(32)31-14-24(26,27)10-19(31)11-28/h1-4,15-16,19,29H,5-10,12-14H2,(H,30,33);1-3,5,15-16,19,29H,4,6-10,12-14H2,(H,30,33)/t2*15?,16?,19-,22?,23?/m00/s1. The highest BCUT2D eigenvalue weighted by molar-refractivity contribution is 6.30. The molecule has 8 bridgehead atoms. The van der Waals surface area contributed by atoms with Gasteiger partial charge in [0.2, 0.25) is 11.8 Å². The summed E-state index contributed by atoms with van der Waals surface area (Å²) in [5.41, 5.74) is -0.603. The van der Waals surface area contributed by atoms with Gasteiger partial charge in [0, 0.05) is 51.1 Å². The van der Waals surface area contributed by atoms with E-state index in [1.54, 1.807) is 30.3 Å². The van der Waals surface area contributed by atoms with Gasteiger partial charge in [-0.15, -0.1) is 0 Å². The maximum absolute atomic E-state index is 13.8. The number of carbonyl (C=O) groups is 4. The summed E-state index contributed by atoms with van der Waals surface area (Å²) < 4.78 is 68.6. The molecule has 10 aliphatic rings. The van der Waals surface area contributed by atoms with E-state index in [0.29, 0.717) is 47.1 Å². The Hall–Kier alpha value is -4.84. The molecule has 0 aromatic heterocycles. The Morgan fingerprint density at radius 2 is 1.02 bits per heavy atom. The molecule has 4 N–H and O–H groups in total. The quantitative estimate of drug-likeness (QED) is 0.196. The Kier molecular flexibility index (Phi) is 11.9. The normalized spacial score (nSPS) is 35.9. The van der Waals surface area contributed by atoms with Crippen LogP contribution >= 0.6 is 11.6 Å². The summed E-state index contributed by atoms with van der Waals surface area (Å²) in [6.45, 7) is -1.61. The second-order valence-electron chi connectivity index (χ2n) is 21.1. The van der Waals surface area contributed by atoms with Crippen LogP contribution in [0.1, 0.15) is 111 Å². The molecule has 0 radical (unpaired) electrons. The van der Waals surface area contributed by atoms with E-state index in [4.69, 9.17) is 11.6 Å². The third-order valence-electron chi connectivity index (χ3n) is 15.8. The van der Waals surface area contributed by atoms with Crippen LogP contribution in [0, 0.1) is 52.2 Å². The third-order valence-corrected chi connectivity index (χ3v) is 16.0. The molecule has 12 nitrogen and oxygen atoms in total. The Morgan fingerprint density at radius 3 is 1.42 bits per heavy atom. The van der Waals surface area contributed by atoms with E-state index < -0.39 is 73.0 Å². The van der Waals surface area contributed by atoms with E-state index in [1.807, 2.05) is 12.1 Å². The van der Waals surface area contributed by atoms with E-state index in [-0.39, 0.29) is 47.1 Å². The van der Waals surface area contributed by atoms with Crippen molar-refractivity contribution in [1.82, 2.24) is 31.1 Å². The zero-order valence-electron chi connectivity index (χ0n) is 36.5. The lowest BCUT2D eigenvalue weighted by Crippen LogP contribution is -2.69. The summed E-state index contributed by atoms with van der Waals surface area (Å²) in [5, 5.41) is 32.2. The summed E-state index contributed by atoms with van der Waals surface area (Å²) in [6.07, 6.45) is 9.37. The number of nitrogens with zero attached hydrogens (tertiary/aromatic N) is 4. The average Bonchev–Trinajstić information content (AvgIpc) is 3.74. The molecule has 2 aliphatic heterocycles. The van der Waals surface area contributed by atoms with Gasteiger partial charge in [0.15, 0.2) is 0 Å². The number of benzene rings is 2. The second-order valence-corrected chi connectivity index (χ2v) is 21.6. The predicted molar refractivity (Wildman–Crippen MR) is 230 cm³/mol. The number of carbonyl (C=O) groups excluding carboxylic acids is 4. The molecule has 12 rings (SSSR count). The lowest BCUT2D eigenvalue weighted by Gasteiger charge is -2.62. The minimum absolute atomic E-state index is 0.0745. The zero-order chi connectivity index (χ0) is 46.9. The van der Waals surface area contributed by atoms with Gasteiger partial charge in [-0.25, -0.2) is 22.0 Å². The van der Waals surface area contributed by atoms with Crippen LogP contribution < -0.4 is 21.3 Å². The van der Waals surface area contributed by atoms with Crippen molar-refractivity contribution in [2.45, 2.75) is 136 Å².